The quantitative estimate of drug-likeness (QED) is 0.854. The predicted octanol–water partition coefficient (Wildman–Crippen LogP) is 2.17. The van der Waals surface area contributed by atoms with Gasteiger partial charge in [-0.15, -0.1) is 0 Å². The Hall–Kier alpha value is -0.970. The molecule has 0 saturated carbocycles. The van der Waals surface area contributed by atoms with Crippen LogP contribution >= 0.6 is 23.2 Å². The summed E-state index contributed by atoms with van der Waals surface area (Å²) in [6, 6.07) is 3.91. The van der Waals surface area contributed by atoms with Crippen LogP contribution in [-0.2, 0) is 4.79 Å². The zero-order valence-corrected chi connectivity index (χ0v) is 9.83. The number of carboxylic acids is 1. The Morgan fingerprint density at radius 3 is 2.69 bits per heavy atom. The maximum absolute atomic E-state index is 10.4. The monoisotopic (exact) mass is 263 g/mol. The van der Waals surface area contributed by atoms with Crippen molar-refractivity contribution < 1.29 is 14.6 Å². The van der Waals surface area contributed by atoms with Gasteiger partial charge in [-0.25, -0.2) is 0 Å². The Labute approximate surface area is 103 Å². The van der Waals surface area contributed by atoms with Gasteiger partial charge in [0.2, 0.25) is 0 Å². The fourth-order valence-corrected chi connectivity index (χ4v) is 1.28. The first kappa shape index (κ1) is 13.1. The van der Waals surface area contributed by atoms with E-state index >= 15 is 0 Å². The van der Waals surface area contributed by atoms with Crippen molar-refractivity contribution in [3.63, 3.8) is 0 Å². The van der Waals surface area contributed by atoms with E-state index in [-0.39, 0.29) is 13.0 Å². The molecule has 6 heteroatoms. The normalized spacial score (nSPS) is 12.2. The van der Waals surface area contributed by atoms with E-state index in [0.717, 1.165) is 0 Å². The SMILES string of the molecule is N[C@@H](CCOc1ccc(Cl)c(Cl)c1)C(=O)O. The van der Waals surface area contributed by atoms with E-state index in [1.165, 1.54) is 0 Å². The molecule has 0 unspecified atom stereocenters. The number of aliphatic carboxylic acids is 1. The molecule has 1 aromatic carbocycles. The Balaban J connectivity index is 2.43. The number of benzene rings is 1. The predicted molar refractivity (Wildman–Crippen MR) is 62.2 cm³/mol. The summed E-state index contributed by atoms with van der Waals surface area (Å²) in [5.74, 6) is -0.510. The second kappa shape index (κ2) is 5.94. The van der Waals surface area contributed by atoms with Gasteiger partial charge in [-0.1, -0.05) is 23.2 Å². The van der Waals surface area contributed by atoms with Crippen molar-refractivity contribution in [1.82, 2.24) is 0 Å². The third-order valence-electron chi connectivity index (χ3n) is 1.91. The van der Waals surface area contributed by atoms with Crippen LogP contribution in [0, 0.1) is 0 Å². The Bertz CT molecular complexity index is 384. The molecular formula is C10H11Cl2NO3. The van der Waals surface area contributed by atoms with Crippen LogP contribution in [0.3, 0.4) is 0 Å². The summed E-state index contributed by atoms with van der Waals surface area (Å²) in [4.78, 5) is 10.4. The van der Waals surface area contributed by atoms with Gasteiger partial charge in [-0.05, 0) is 12.1 Å². The number of hydrogen-bond donors (Lipinski definition) is 2. The number of nitrogens with two attached hydrogens (primary N) is 1. The minimum absolute atomic E-state index is 0.214. The molecule has 16 heavy (non-hydrogen) atoms. The molecule has 0 aliphatic heterocycles. The van der Waals surface area contributed by atoms with Crippen molar-refractivity contribution in [1.29, 1.82) is 0 Å². The highest BCUT2D eigenvalue weighted by Gasteiger charge is 2.11. The number of carbonyl (C=O) groups is 1. The van der Waals surface area contributed by atoms with Gasteiger partial charge in [0.15, 0.2) is 0 Å². The van der Waals surface area contributed by atoms with Crippen molar-refractivity contribution in [2.45, 2.75) is 12.5 Å². The molecule has 0 aliphatic rings. The zero-order chi connectivity index (χ0) is 12.1. The van der Waals surface area contributed by atoms with Crippen LogP contribution in [0.25, 0.3) is 0 Å². The van der Waals surface area contributed by atoms with Crippen LogP contribution in [-0.4, -0.2) is 23.7 Å². The molecule has 1 aromatic rings. The highest BCUT2D eigenvalue weighted by molar-refractivity contribution is 6.42. The average molecular weight is 264 g/mol. The Morgan fingerprint density at radius 1 is 1.44 bits per heavy atom. The highest BCUT2D eigenvalue weighted by Crippen LogP contribution is 2.26. The smallest absolute Gasteiger partial charge is 0.320 e. The van der Waals surface area contributed by atoms with Gasteiger partial charge in [0.05, 0.1) is 16.7 Å². The molecule has 0 amide bonds. The van der Waals surface area contributed by atoms with Crippen LogP contribution in [0.15, 0.2) is 18.2 Å². The molecule has 0 aromatic heterocycles. The van der Waals surface area contributed by atoms with Crippen LogP contribution in [0.2, 0.25) is 10.0 Å². The van der Waals surface area contributed by atoms with Crippen molar-refractivity contribution in [2.24, 2.45) is 5.73 Å². The highest BCUT2D eigenvalue weighted by atomic mass is 35.5. The first-order valence-corrected chi connectivity index (χ1v) is 5.32. The van der Waals surface area contributed by atoms with Crippen molar-refractivity contribution in [2.75, 3.05) is 6.61 Å². The third-order valence-corrected chi connectivity index (χ3v) is 2.64. The summed E-state index contributed by atoms with van der Waals surface area (Å²) in [7, 11) is 0. The van der Waals surface area contributed by atoms with Crippen molar-refractivity contribution >= 4 is 29.2 Å². The van der Waals surface area contributed by atoms with Gasteiger partial charge < -0.3 is 15.6 Å². The number of ether oxygens (including phenoxy) is 1. The van der Waals surface area contributed by atoms with Gasteiger partial charge in [-0.2, -0.15) is 0 Å². The lowest BCUT2D eigenvalue weighted by atomic mass is 10.2. The number of rotatable bonds is 5. The molecule has 88 valence electrons. The van der Waals surface area contributed by atoms with Crippen LogP contribution in [0.5, 0.6) is 5.75 Å². The van der Waals surface area contributed by atoms with Gasteiger partial charge in [0, 0.05) is 12.5 Å². The molecular weight excluding hydrogens is 253 g/mol. The Morgan fingerprint density at radius 2 is 2.12 bits per heavy atom. The van der Waals surface area contributed by atoms with E-state index in [9.17, 15) is 4.79 Å². The second-order valence-electron chi connectivity index (χ2n) is 3.16. The summed E-state index contributed by atoms with van der Waals surface area (Å²) in [5.41, 5.74) is 5.31. The summed E-state index contributed by atoms with van der Waals surface area (Å²) in [6.07, 6.45) is 0.232. The molecule has 4 nitrogen and oxygen atoms in total. The van der Waals surface area contributed by atoms with Crippen LogP contribution in [0.1, 0.15) is 6.42 Å². The molecule has 0 heterocycles. The maximum Gasteiger partial charge on any atom is 0.320 e. The molecule has 0 saturated heterocycles. The summed E-state index contributed by atoms with van der Waals surface area (Å²) >= 11 is 11.5. The van der Waals surface area contributed by atoms with E-state index < -0.39 is 12.0 Å². The lowest BCUT2D eigenvalue weighted by molar-refractivity contribution is -0.138. The largest absolute Gasteiger partial charge is 0.493 e. The van der Waals surface area contributed by atoms with E-state index in [1.807, 2.05) is 0 Å². The lowest BCUT2D eigenvalue weighted by Gasteiger charge is -2.09. The number of halogens is 2. The van der Waals surface area contributed by atoms with Gasteiger partial charge in [0.1, 0.15) is 11.8 Å². The summed E-state index contributed by atoms with van der Waals surface area (Å²) in [5, 5.41) is 9.37. The molecule has 1 atom stereocenters. The van der Waals surface area contributed by atoms with Gasteiger partial charge >= 0.3 is 5.97 Å². The molecule has 0 fully saturated rings. The van der Waals surface area contributed by atoms with E-state index in [1.54, 1.807) is 18.2 Å². The fourth-order valence-electron chi connectivity index (χ4n) is 0.994. The average Bonchev–Trinajstić information content (AvgIpc) is 2.23. The van der Waals surface area contributed by atoms with Crippen molar-refractivity contribution in [3.05, 3.63) is 28.2 Å². The molecule has 0 bridgehead atoms. The molecule has 1 rings (SSSR count). The summed E-state index contributed by atoms with van der Waals surface area (Å²) < 4.78 is 5.28. The minimum atomic E-state index is -1.04. The first-order valence-electron chi connectivity index (χ1n) is 4.57. The Kier molecular flexibility index (Phi) is 4.86. The minimum Gasteiger partial charge on any atom is -0.493 e. The number of carboxylic acid groups (broad SMARTS) is 1. The lowest BCUT2D eigenvalue weighted by Crippen LogP contribution is -2.31. The van der Waals surface area contributed by atoms with E-state index in [2.05, 4.69) is 0 Å². The zero-order valence-electron chi connectivity index (χ0n) is 8.32. The van der Waals surface area contributed by atoms with Crippen molar-refractivity contribution in [3.8, 4) is 5.75 Å². The summed E-state index contributed by atoms with van der Waals surface area (Å²) in [6.45, 7) is 0.214. The second-order valence-corrected chi connectivity index (χ2v) is 3.97. The van der Waals surface area contributed by atoms with E-state index in [4.69, 9.17) is 38.8 Å². The standard InChI is InChI=1S/C10H11Cl2NO3/c11-7-2-1-6(5-8(7)12)16-4-3-9(13)10(14)15/h1-2,5,9H,3-4,13H2,(H,14,15)/t9-/m0/s1. The molecule has 3 N–H and O–H groups in total. The number of hydrogen-bond acceptors (Lipinski definition) is 3. The van der Waals surface area contributed by atoms with Gasteiger partial charge in [0.25, 0.3) is 0 Å². The van der Waals surface area contributed by atoms with Gasteiger partial charge in [-0.3, -0.25) is 4.79 Å². The molecule has 0 aliphatic carbocycles. The third kappa shape index (κ3) is 3.89. The topological polar surface area (TPSA) is 72.5 Å². The maximum atomic E-state index is 10.4. The molecule has 0 radical (unpaired) electrons. The van der Waals surface area contributed by atoms with E-state index in [0.29, 0.717) is 15.8 Å². The molecule has 0 spiro atoms. The van der Waals surface area contributed by atoms with Crippen LogP contribution in [0.4, 0.5) is 0 Å². The fraction of sp³-hybridized carbons (Fsp3) is 0.300. The first-order chi connectivity index (χ1) is 7.50. The van der Waals surface area contributed by atoms with Crippen LogP contribution < -0.4 is 10.5 Å².